The number of ether oxygens (including phenoxy) is 1. The first-order valence-electron chi connectivity index (χ1n) is 6.65. The summed E-state index contributed by atoms with van der Waals surface area (Å²) in [5.74, 6) is 0.938. The number of nitrogens with zero attached hydrogens (tertiary/aromatic N) is 2. The predicted octanol–water partition coefficient (Wildman–Crippen LogP) is 3.63. The molecule has 1 aromatic carbocycles. The van der Waals surface area contributed by atoms with Crippen molar-refractivity contribution in [2.45, 2.75) is 24.5 Å². The minimum atomic E-state index is -0.0543. The molecule has 0 unspecified atom stereocenters. The van der Waals surface area contributed by atoms with Crippen molar-refractivity contribution < 1.29 is 9.53 Å². The van der Waals surface area contributed by atoms with E-state index in [0.717, 1.165) is 21.3 Å². The zero-order valence-corrected chi connectivity index (χ0v) is 13.7. The largest absolute Gasteiger partial charge is 0.497 e. The SMILES string of the molecule is COc1ccc([C@@H]2S[C@H](C)C(=O)N2c2ncc(C)s2)cc1. The van der Waals surface area contributed by atoms with Crippen LogP contribution in [0.5, 0.6) is 5.75 Å². The summed E-state index contributed by atoms with van der Waals surface area (Å²) < 4.78 is 5.19. The number of amides is 1. The van der Waals surface area contributed by atoms with E-state index >= 15 is 0 Å². The molecule has 3 rings (SSSR count). The van der Waals surface area contributed by atoms with Crippen LogP contribution in [0.25, 0.3) is 0 Å². The van der Waals surface area contributed by atoms with Gasteiger partial charge in [-0.15, -0.1) is 23.1 Å². The number of aromatic nitrogens is 1. The normalized spacial score (nSPS) is 21.9. The molecule has 21 heavy (non-hydrogen) atoms. The Morgan fingerprint density at radius 2 is 2.00 bits per heavy atom. The molecule has 1 aliphatic heterocycles. The van der Waals surface area contributed by atoms with E-state index < -0.39 is 0 Å². The summed E-state index contributed by atoms with van der Waals surface area (Å²) in [5.41, 5.74) is 1.09. The highest BCUT2D eigenvalue weighted by Gasteiger charge is 2.40. The molecule has 0 spiro atoms. The van der Waals surface area contributed by atoms with Crippen molar-refractivity contribution in [3.8, 4) is 5.75 Å². The third-order valence-corrected chi connectivity index (χ3v) is 5.63. The number of thioether (sulfide) groups is 1. The van der Waals surface area contributed by atoms with Gasteiger partial charge < -0.3 is 4.74 Å². The molecule has 4 nitrogen and oxygen atoms in total. The summed E-state index contributed by atoms with van der Waals surface area (Å²) in [6, 6.07) is 7.87. The molecule has 0 saturated carbocycles. The second-order valence-electron chi connectivity index (χ2n) is 4.87. The van der Waals surface area contributed by atoms with Crippen molar-refractivity contribution >= 4 is 34.1 Å². The molecule has 2 heterocycles. The fourth-order valence-corrected chi connectivity index (χ4v) is 4.38. The van der Waals surface area contributed by atoms with E-state index in [0.29, 0.717) is 0 Å². The van der Waals surface area contributed by atoms with Gasteiger partial charge in [0.1, 0.15) is 11.1 Å². The van der Waals surface area contributed by atoms with E-state index in [-0.39, 0.29) is 16.5 Å². The summed E-state index contributed by atoms with van der Waals surface area (Å²) in [5, 5.41) is 0.695. The summed E-state index contributed by atoms with van der Waals surface area (Å²) >= 11 is 3.21. The Kier molecular flexibility index (Phi) is 3.91. The van der Waals surface area contributed by atoms with Crippen molar-refractivity contribution in [1.29, 1.82) is 0 Å². The molecular weight excluding hydrogens is 304 g/mol. The minimum Gasteiger partial charge on any atom is -0.497 e. The van der Waals surface area contributed by atoms with Crippen LogP contribution < -0.4 is 9.64 Å². The van der Waals surface area contributed by atoms with Crippen molar-refractivity contribution in [3.63, 3.8) is 0 Å². The van der Waals surface area contributed by atoms with E-state index in [1.54, 1.807) is 30.2 Å². The highest BCUT2D eigenvalue weighted by Crippen LogP contribution is 2.46. The van der Waals surface area contributed by atoms with Crippen LogP contribution in [-0.4, -0.2) is 23.3 Å². The van der Waals surface area contributed by atoms with Crippen LogP contribution in [-0.2, 0) is 4.79 Å². The number of aryl methyl sites for hydroxylation is 1. The quantitative estimate of drug-likeness (QED) is 0.866. The molecule has 6 heteroatoms. The first kappa shape index (κ1) is 14.4. The van der Waals surface area contributed by atoms with Gasteiger partial charge in [-0.3, -0.25) is 9.69 Å². The van der Waals surface area contributed by atoms with Crippen molar-refractivity contribution in [3.05, 3.63) is 40.9 Å². The lowest BCUT2D eigenvalue weighted by Crippen LogP contribution is -2.29. The van der Waals surface area contributed by atoms with Crippen LogP contribution in [0.15, 0.2) is 30.5 Å². The third-order valence-electron chi connectivity index (χ3n) is 3.37. The molecule has 1 fully saturated rings. The lowest BCUT2D eigenvalue weighted by molar-refractivity contribution is -0.117. The number of hydrogen-bond acceptors (Lipinski definition) is 5. The first-order chi connectivity index (χ1) is 10.1. The second-order valence-corrected chi connectivity index (χ2v) is 7.50. The fraction of sp³-hybridized carbons (Fsp3) is 0.333. The highest BCUT2D eigenvalue weighted by molar-refractivity contribution is 8.01. The highest BCUT2D eigenvalue weighted by atomic mass is 32.2. The van der Waals surface area contributed by atoms with Gasteiger partial charge in [0, 0.05) is 11.1 Å². The lowest BCUT2D eigenvalue weighted by atomic mass is 10.2. The maximum atomic E-state index is 12.5. The van der Waals surface area contributed by atoms with Gasteiger partial charge in [0.2, 0.25) is 5.91 Å². The van der Waals surface area contributed by atoms with E-state index in [1.807, 2.05) is 49.2 Å². The smallest absolute Gasteiger partial charge is 0.242 e. The number of carbonyl (C=O) groups is 1. The van der Waals surface area contributed by atoms with Gasteiger partial charge in [-0.05, 0) is 31.5 Å². The average molecular weight is 320 g/mol. The number of rotatable bonds is 3. The number of thiazole rings is 1. The van der Waals surface area contributed by atoms with E-state index in [2.05, 4.69) is 4.98 Å². The maximum absolute atomic E-state index is 12.5. The Labute approximate surface area is 132 Å². The fourth-order valence-electron chi connectivity index (χ4n) is 2.27. The van der Waals surface area contributed by atoms with Gasteiger partial charge in [0.25, 0.3) is 0 Å². The summed E-state index contributed by atoms with van der Waals surface area (Å²) in [4.78, 5) is 19.8. The summed E-state index contributed by atoms with van der Waals surface area (Å²) in [6.45, 7) is 3.95. The van der Waals surface area contributed by atoms with Crippen LogP contribution >= 0.6 is 23.1 Å². The van der Waals surface area contributed by atoms with Crippen LogP contribution in [0.2, 0.25) is 0 Å². The molecular formula is C15H16N2O2S2. The van der Waals surface area contributed by atoms with Crippen LogP contribution in [0.1, 0.15) is 22.7 Å². The molecule has 0 radical (unpaired) electrons. The Balaban J connectivity index is 1.96. The summed E-state index contributed by atoms with van der Waals surface area (Å²) in [7, 11) is 1.65. The van der Waals surface area contributed by atoms with Gasteiger partial charge in [-0.2, -0.15) is 0 Å². The van der Waals surface area contributed by atoms with Gasteiger partial charge in [-0.1, -0.05) is 12.1 Å². The Morgan fingerprint density at radius 3 is 2.57 bits per heavy atom. The summed E-state index contributed by atoms with van der Waals surface area (Å²) in [6.07, 6.45) is 1.81. The second kappa shape index (κ2) is 5.69. The van der Waals surface area contributed by atoms with Gasteiger partial charge >= 0.3 is 0 Å². The van der Waals surface area contributed by atoms with Crippen LogP contribution in [0.4, 0.5) is 5.13 Å². The number of hydrogen-bond donors (Lipinski definition) is 0. The van der Waals surface area contributed by atoms with E-state index in [9.17, 15) is 4.79 Å². The molecule has 2 atom stereocenters. The third kappa shape index (κ3) is 2.65. The topological polar surface area (TPSA) is 42.4 Å². The van der Waals surface area contributed by atoms with Crippen molar-refractivity contribution in [1.82, 2.24) is 4.98 Å². The Morgan fingerprint density at radius 1 is 1.29 bits per heavy atom. The standard InChI is InChI=1S/C15H16N2O2S2/c1-9-8-16-15(20-9)17-13(18)10(2)21-14(17)11-4-6-12(19-3)7-5-11/h4-8,10,14H,1-3H3/t10-,14+/m1/s1. The molecule has 1 saturated heterocycles. The molecule has 1 aliphatic rings. The van der Waals surface area contributed by atoms with Crippen molar-refractivity contribution in [2.75, 3.05) is 12.0 Å². The lowest BCUT2D eigenvalue weighted by Gasteiger charge is -2.21. The van der Waals surface area contributed by atoms with Gasteiger partial charge in [-0.25, -0.2) is 4.98 Å². The molecule has 110 valence electrons. The maximum Gasteiger partial charge on any atom is 0.242 e. The van der Waals surface area contributed by atoms with E-state index in [4.69, 9.17) is 4.74 Å². The number of methoxy groups -OCH3 is 1. The average Bonchev–Trinajstić information content (AvgIpc) is 3.04. The van der Waals surface area contributed by atoms with E-state index in [1.165, 1.54) is 0 Å². The molecule has 1 aromatic heterocycles. The molecule has 0 aliphatic carbocycles. The molecule has 0 N–H and O–H groups in total. The van der Waals surface area contributed by atoms with Gasteiger partial charge in [0.05, 0.1) is 12.4 Å². The van der Waals surface area contributed by atoms with Crippen molar-refractivity contribution in [2.24, 2.45) is 0 Å². The number of benzene rings is 1. The number of carbonyl (C=O) groups excluding carboxylic acids is 1. The molecule has 1 amide bonds. The number of anilines is 1. The zero-order chi connectivity index (χ0) is 15.0. The Bertz CT molecular complexity index is 654. The van der Waals surface area contributed by atoms with Gasteiger partial charge in [0.15, 0.2) is 5.13 Å². The molecule has 2 aromatic rings. The predicted molar refractivity (Wildman–Crippen MR) is 87.1 cm³/mol. The van der Waals surface area contributed by atoms with Crippen LogP contribution in [0.3, 0.4) is 0 Å². The minimum absolute atomic E-state index is 0.0241. The van der Waals surface area contributed by atoms with Crippen LogP contribution in [0, 0.1) is 6.92 Å². The zero-order valence-electron chi connectivity index (χ0n) is 12.1. The molecule has 0 bridgehead atoms. The first-order valence-corrected chi connectivity index (χ1v) is 8.41. The monoisotopic (exact) mass is 320 g/mol. The Hall–Kier alpha value is -1.53.